The van der Waals surface area contributed by atoms with Crippen molar-refractivity contribution in [1.82, 2.24) is 5.32 Å². The predicted octanol–water partition coefficient (Wildman–Crippen LogP) is 4.83. The Kier molecular flexibility index (Phi) is 3.75. The van der Waals surface area contributed by atoms with Crippen molar-refractivity contribution in [3.05, 3.63) is 58.7 Å². The zero-order chi connectivity index (χ0) is 14.9. The molecule has 22 heavy (non-hydrogen) atoms. The summed E-state index contributed by atoms with van der Waals surface area (Å²) in [6.07, 6.45) is 9.03. The van der Waals surface area contributed by atoms with E-state index in [1.54, 1.807) is 11.1 Å². The summed E-state index contributed by atoms with van der Waals surface area (Å²) in [5, 5.41) is 3.49. The molecular weight excluding hydrogens is 266 g/mol. The van der Waals surface area contributed by atoms with Gasteiger partial charge in [0.2, 0.25) is 0 Å². The standard InChI is InChI=1S/C21H25N/c1-22-21-8-4-7-16-10-12-19(14-20(16)21)18-11-9-15-5-2-3-6-17(15)13-18/h9-14,21-22H,2-8H2,1H3. The fourth-order valence-corrected chi connectivity index (χ4v) is 4.19. The third kappa shape index (κ3) is 2.48. The third-order valence-corrected chi connectivity index (χ3v) is 5.49. The number of rotatable bonds is 2. The smallest absolute Gasteiger partial charge is 0.0320 e. The lowest BCUT2D eigenvalue weighted by atomic mass is 9.84. The second-order valence-electron chi connectivity index (χ2n) is 6.84. The van der Waals surface area contributed by atoms with E-state index >= 15 is 0 Å². The topological polar surface area (TPSA) is 12.0 Å². The van der Waals surface area contributed by atoms with Gasteiger partial charge >= 0.3 is 0 Å². The van der Waals surface area contributed by atoms with Crippen molar-refractivity contribution < 1.29 is 0 Å². The summed E-state index contributed by atoms with van der Waals surface area (Å²) in [6.45, 7) is 0. The summed E-state index contributed by atoms with van der Waals surface area (Å²) in [5.41, 5.74) is 8.97. The van der Waals surface area contributed by atoms with Crippen LogP contribution in [0.25, 0.3) is 11.1 Å². The molecule has 1 unspecified atom stereocenters. The van der Waals surface area contributed by atoms with Gasteiger partial charge in [0, 0.05) is 6.04 Å². The normalized spacial score (nSPS) is 20.3. The molecule has 2 aromatic carbocycles. The molecule has 2 aliphatic rings. The van der Waals surface area contributed by atoms with Crippen LogP contribution in [0.1, 0.15) is 54.0 Å². The van der Waals surface area contributed by atoms with Gasteiger partial charge in [-0.05, 0) is 91.4 Å². The van der Waals surface area contributed by atoms with Gasteiger partial charge in [-0.15, -0.1) is 0 Å². The minimum atomic E-state index is 0.529. The lowest BCUT2D eigenvalue weighted by Gasteiger charge is -2.26. The van der Waals surface area contributed by atoms with Gasteiger partial charge in [-0.1, -0.05) is 30.3 Å². The highest BCUT2D eigenvalue weighted by atomic mass is 14.9. The zero-order valence-electron chi connectivity index (χ0n) is 13.5. The summed E-state index contributed by atoms with van der Waals surface area (Å²) in [7, 11) is 2.09. The van der Waals surface area contributed by atoms with Crippen molar-refractivity contribution in [3.8, 4) is 11.1 Å². The molecule has 0 radical (unpaired) electrons. The van der Waals surface area contributed by atoms with Crippen molar-refractivity contribution >= 4 is 0 Å². The van der Waals surface area contributed by atoms with Crippen LogP contribution >= 0.6 is 0 Å². The fraction of sp³-hybridized carbons (Fsp3) is 0.429. The second-order valence-corrected chi connectivity index (χ2v) is 6.84. The van der Waals surface area contributed by atoms with Gasteiger partial charge in [-0.3, -0.25) is 0 Å². The first kappa shape index (κ1) is 14.0. The average molecular weight is 291 g/mol. The van der Waals surface area contributed by atoms with Crippen LogP contribution in [0.2, 0.25) is 0 Å². The minimum absolute atomic E-state index is 0.529. The van der Waals surface area contributed by atoms with Crippen LogP contribution in [-0.4, -0.2) is 7.05 Å². The fourth-order valence-electron chi connectivity index (χ4n) is 4.19. The van der Waals surface area contributed by atoms with Crippen LogP contribution < -0.4 is 5.32 Å². The molecule has 0 aliphatic heterocycles. The Hall–Kier alpha value is -1.60. The maximum Gasteiger partial charge on any atom is 0.0320 e. The van der Waals surface area contributed by atoms with E-state index in [0.717, 1.165) is 0 Å². The maximum absolute atomic E-state index is 3.49. The second kappa shape index (κ2) is 5.89. The van der Waals surface area contributed by atoms with Crippen molar-refractivity contribution in [2.24, 2.45) is 0 Å². The van der Waals surface area contributed by atoms with Gasteiger partial charge in [0.25, 0.3) is 0 Å². The van der Waals surface area contributed by atoms with E-state index < -0.39 is 0 Å². The monoisotopic (exact) mass is 291 g/mol. The third-order valence-electron chi connectivity index (χ3n) is 5.49. The Morgan fingerprint density at radius 2 is 1.45 bits per heavy atom. The van der Waals surface area contributed by atoms with Crippen molar-refractivity contribution in [2.75, 3.05) is 7.05 Å². The van der Waals surface area contributed by atoms with Gasteiger partial charge in [0.1, 0.15) is 0 Å². The van der Waals surface area contributed by atoms with Crippen LogP contribution in [0.15, 0.2) is 36.4 Å². The predicted molar refractivity (Wildman–Crippen MR) is 93.3 cm³/mol. The van der Waals surface area contributed by atoms with Gasteiger partial charge in [0.15, 0.2) is 0 Å². The first-order chi connectivity index (χ1) is 10.8. The number of fused-ring (bicyclic) bond motifs is 2. The molecule has 0 aromatic heterocycles. The highest BCUT2D eigenvalue weighted by Gasteiger charge is 2.19. The number of hydrogen-bond donors (Lipinski definition) is 1. The first-order valence-electron chi connectivity index (χ1n) is 8.77. The molecule has 1 nitrogen and oxygen atoms in total. The van der Waals surface area contributed by atoms with E-state index in [2.05, 4.69) is 48.8 Å². The lowest BCUT2D eigenvalue weighted by Crippen LogP contribution is -2.21. The number of hydrogen-bond acceptors (Lipinski definition) is 1. The number of benzene rings is 2. The molecule has 0 saturated carbocycles. The van der Waals surface area contributed by atoms with E-state index in [0.29, 0.717) is 6.04 Å². The van der Waals surface area contributed by atoms with Crippen molar-refractivity contribution in [1.29, 1.82) is 0 Å². The Morgan fingerprint density at radius 1 is 0.773 bits per heavy atom. The number of aryl methyl sites for hydroxylation is 3. The summed E-state index contributed by atoms with van der Waals surface area (Å²) >= 11 is 0. The van der Waals surface area contributed by atoms with Crippen molar-refractivity contribution in [2.45, 2.75) is 51.0 Å². The summed E-state index contributed by atoms with van der Waals surface area (Å²) < 4.78 is 0. The van der Waals surface area contributed by atoms with E-state index in [-0.39, 0.29) is 0 Å². The molecule has 1 atom stereocenters. The Balaban J connectivity index is 1.74. The van der Waals surface area contributed by atoms with Gasteiger partial charge in [-0.2, -0.15) is 0 Å². The van der Waals surface area contributed by atoms with Crippen LogP contribution in [0.3, 0.4) is 0 Å². The van der Waals surface area contributed by atoms with E-state index in [4.69, 9.17) is 0 Å². The molecule has 0 fully saturated rings. The van der Waals surface area contributed by atoms with Gasteiger partial charge in [0.05, 0.1) is 0 Å². The van der Waals surface area contributed by atoms with E-state index in [1.807, 2.05) is 0 Å². The molecule has 114 valence electrons. The molecule has 0 amide bonds. The average Bonchev–Trinajstić information content (AvgIpc) is 2.60. The molecule has 0 bridgehead atoms. The Bertz CT molecular complexity index is 686. The Morgan fingerprint density at radius 3 is 2.27 bits per heavy atom. The largest absolute Gasteiger partial charge is 0.313 e. The molecule has 0 spiro atoms. The molecule has 0 saturated heterocycles. The first-order valence-corrected chi connectivity index (χ1v) is 8.77. The highest BCUT2D eigenvalue weighted by Crippen LogP contribution is 2.34. The minimum Gasteiger partial charge on any atom is -0.313 e. The van der Waals surface area contributed by atoms with E-state index in [9.17, 15) is 0 Å². The summed E-state index contributed by atoms with van der Waals surface area (Å²) in [6, 6.07) is 14.8. The Labute approximate surface area is 133 Å². The highest BCUT2D eigenvalue weighted by molar-refractivity contribution is 5.67. The van der Waals surface area contributed by atoms with Crippen LogP contribution in [0.4, 0.5) is 0 Å². The molecule has 2 aliphatic carbocycles. The molecule has 2 aromatic rings. The zero-order valence-corrected chi connectivity index (χ0v) is 13.5. The maximum atomic E-state index is 3.49. The van der Waals surface area contributed by atoms with Crippen LogP contribution in [-0.2, 0) is 19.3 Å². The van der Waals surface area contributed by atoms with Gasteiger partial charge in [-0.25, -0.2) is 0 Å². The van der Waals surface area contributed by atoms with Crippen LogP contribution in [0, 0.1) is 0 Å². The summed E-state index contributed by atoms with van der Waals surface area (Å²) in [5.74, 6) is 0. The molecule has 0 heterocycles. The summed E-state index contributed by atoms with van der Waals surface area (Å²) in [4.78, 5) is 0. The molecule has 1 N–H and O–H groups in total. The molecule has 1 heteroatoms. The van der Waals surface area contributed by atoms with Gasteiger partial charge < -0.3 is 5.32 Å². The molecule has 4 rings (SSSR count). The SMILES string of the molecule is CNC1CCCc2ccc(-c3ccc4c(c3)CCCC4)cc21. The quantitative estimate of drug-likeness (QED) is 0.835. The van der Waals surface area contributed by atoms with Crippen molar-refractivity contribution in [3.63, 3.8) is 0 Å². The van der Waals surface area contributed by atoms with E-state index in [1.165, 1.54) is 67.2 Å². The molecular formula is C21H25N. The van der Waals surface area contributed by atoms with Crippen LogP contribution in [0.5, 0.6) is 0 Å². The lowest BCUT2D eigenvalue weighted by molar-refractivity contribution is 0.497. The number of nitrogens with one attached hydrogen (secondary N) is 1.